The third kappa shape index (κ3) is 3.68. The van der Waals surface area contributed by atoms with Gasteiger partial charge < -0.3 is 15.8 Å². The highest BCUT2D eigenvalue weighted by molar-refractivity contribution is 5.22. The Morgan fingerprint density at radius 1 is 1.28 bits per heavy atom. The molecule has 4 heteroatoms. The van der Waals surface area contributed by atoms with Crippen molar-refractivity contribution in [2.45, 2.75) is 12.8 Å². The van der Waals surface area contributed by atoms with Crippen LogP contribution in [0.4, 0.5) is 4.39 Å². The van der Waals surface area contributed by atoms with Crippen LogP contribution < -0.4 is 15.8 Å². The third-order valence-electron chi connectivity index (χ3n) is 3.63. The molecule has 0 amide bonds. The highest BCUT2D eigenvalue weighted by Crippen LogP contribution is 2.22. The van der Waals surface area contributed by atoms with Crippen molar-refractivity contribution in [2.75, 3.05) is 26.2 Å². The minimum atomic E-state index is -0.240. The molecule has 0 spiro atoms. The molecule has 0 aliphatic carbocycles. The maximum atomic E-state index is 12.8. The van der Waals surface area contributed by atoms with Crippen molar-refractivity contribution >= 4 is 0 Å². The van der Waals surface area contributed by atoms with Crippen molar-refractivity contribution < 1.29 is 9.13 Å². The van der Waals surface area contributed by atoms with E-state index in [0.29, 0.717) is 30.7 Å². The van der Waals surface area contributed by atoms with Crippen LogP contribution in [0, 0.1) is 17.7 Å². The van der Waals surface area contributed by atoms with E-state index in [1.807, 2.05) is 0 Å². The minimum Gasteiger partial charge on any atom is -0.493 e. The van der Waals surface area contributed by atoms with Crippen LogP contribution in [0.25, 0.3) is 0 Å². The van der Waals surface area contributed by atoms with Gasteiger partial charge in [-0.1, -0.05) is 0 Å². The molecule has 1 aliphatic rings. The summed E-state index contributed by atoms with van der Waals surface area (Å²) in [5.41, 5.74) is 5.83. The van der Waals surface area contributed by atoms with E-state index in [1.165, 1.54) is 12.1 Å². The van der Waals surface area contributed by atoms with Crippen molar-refractivity contribution in [3.05, 3.63) is 30.1 Å². The second-order valence-corrected chi connectivity index (χ2v) is 4.85. The Hall–Kier alpha value is -1.13. The largest absolute Gasteiger partial charge is 0.493 e. The average Bonchev–Trinajstić information content (AvgIpc) is 2.43. The molecule has 1 unspecified atom stereocenters. The molecule has 1 heterocycles. The molecule has 0 saturated carbocycles. The summed E-state index contributed by atoms with van der Waals surface area (Å²) >= 11 is 0. The van der Waals surface area contributed by atoms with Crippen LogP contribution >= 0.6 is 0 Å². The molecule has 1 aliphatic heterocycles. The van der Waals surface area contributed by atoms with Gasteiger partial charge in [0.2, 0.25) is 0 Å². The maximum Gasteiger partial charge on any atom is 0.123 e. The molecule has 0 bridgehead atoms. The Balaban J connectivity index is 1.84. The average molecular weight is 252 g/mol. The highest BCUT2D eigenvalue weighted by atomic mass is 19.1. The molecule has 3 N–H and O–H groups in total. The second-order valence-electron chi connectivity index (χ2n) is 4.85. The summed E-state index contributed by atoms with van der Waals surface area (Å²) in [4.78, 5) is 0. The van der Waals surface area contributed by atoms with Crippen molar-refractivity contribution in [1.82, 2.24) is 5.32 Å². The Bertz CT molecular complexity index is 349. The zero-order valence-electron chi connectivity index (χ0n) is 10.6. The smallest absolute Gasteiger partial charge is 0.123 e. The van der Waals surface area contributed by atoms with Crippen LogP contribution in [0.5, 0.6) is 5.75 Å². The standard InChI is InChI=1S/C14H21FN2O/c15-13-1-3-14(4-2-13)18-10-12(9-16)11-5-7-17-8-6-11/h1-4,11-12,17H,5-10,16H2. The molecule has 1 fully saturated rings. The fourth-order valence-corrected chi connectivity index (χ4v) is 2.45. The predicted octanol–water partition coefficient (Wildman–Crippen LogP) is 1.78. The third-order valence-corrected chi connectivity index (χ3v) is 3.63. The first-order valence-electron chi connectivity index (χ1n) is 6.58. The number of rotatable bonds is 5. The minimum absolute atomic E-state index is 0.240. The SMILES string of the molecule is NCC(COc1ccc(F)cc1)C1CCNCC1. The fourth-order valence-electron chi connectivity index (χ4n) is 2.45. The van der Waals surface area contributed by atoms with Crippen molar-refractivity contribution in [3.63, 3.8) is 0 Å². The summed E-state index contributed by atoms with van der Waals surface area (Å²) in [5, 5.41) is 3.35. The zero-order chi connectivity index (χ0) is 12.8. The predicted molar refractivity (Wildman–Crippen MR) is 70.0 cm³/mol. The Labute approximate surface area is 108 Å². The van der Waals surface area contributed by atoms with Gasteiger partial charge in [0.15, 0.2) is 0 Å². The molecule has 100 valence electrons. The van der Waals surface area contributed by atoms with Gasteiger partial charge in [-0.25, -0.2) is 4.39 Å². The van der Waals surface area contributed by atoms with E-state index in [9.17, 15) is 4.39 Å². The van der Waals surface area contributed by atoms with Crippen LogP contribution in [0.15, 0.2) is 24.3 Å². The molecule has 0 radical (unpaired) electrons. The Kier molecular flexibility index (Phi) is 4.96. The summed E-state index contributed by atoms with van der Waals surface area (Å²) in [7, 11) is 0. The van der Waals surface area contributed by atoms with Crippen LogP contribution in [0.1, 0.15) is 12.8 Å². The van der Waals surface area contributed by atoms with Gasteiger partial charge >= 0.3 is 0 Å². The van der Waals surface area contributed by atoms with Gasteiger partial charge in [0, 0.05) is 5.92 Å². The maximum absolute atomic E-state index is 12.8. The van der Waals surface area contributed by atoms with Gasteiger partial charge in [-0.05, 0) is 62.7 Å². The number of piperidine rings is 1. The van der Waals surface area contributed by atoms with Crippen LogP contribution in [0.2, 0.25) is 0 Å². The van der Waals surface area contributed by atoms with E-state index in [1.54, 1.807) is 12.1 Å². The fraction of sp³-hybridized carbons (Fsp3) is 0.571. The molecule has 1 aromatic rings. The molecule has 0 aromatic heterocycles. The molecule has 2 rings (SSSR count). The number of nitrogens with one attached hydrogen (secondary N) is 1. The van der Waals surface area contributed by atoms with Gasteiger partial charge in [0.25, 0.3) is 0 Å². The number of halogens is 1. The van der Waals surface area contributed by atoms with Gasteiger partial charge in [0.05, 0.1) is 6.61 Å². The van der Waals surface area contributed by atoms with E-state index in [4.69, 9.17) is 10.5 Å². The van der Waals surface area contributed by atoms with E-state index < -0.39 is 0 Å². The summed E-state index contributed by atoms with van der Waals surface area (Å²) < 4.78 is 18.5. The number of benzene rings is 1. The summed E-state index contributed by atoms with van der Waals surface area (Å²) in [6.07, 6.45) is 2.32. The number of nitrogens with two attached hydrogens (primary N) is 1. The van der Waals surface area contributed by atoms with E-state index >= 15 is 0 Å². The quantitative estimate of drug-likeness (QED) is 0.839. The normalized spacial score (nSPS) is 18.6. The monoisotopic (exact) mass is 252 g/mol. The first kappa shape index (κ1) is 13.3. The van der Waals surface area contributed by atoms with Gasteiger partial charge in [-0.2, -0.15) is 0 Å². The van der Waals surface area contributed by atoms with Crippen LogP contribution in [0.3, 0.4) is 0 Å². The lowest BCUT2D eigenvalue weighted by atomic mass is 9.85. The first-order valence-corrected chi connectivity index (χ1v) is 6.58. The lowest BCUT2D eigenvalue weighted by molar-refractivity contribution is 0.172. The number of hydrogen-bond donors (Lipinski definition) is 2. The van der Waals surface area contributed by atoms with Gasteiger partial charge in [0.1, 0.15) is 11.6 Å². The van der Waals surface area contributed by atoms with Crippen LogP contribution in [-0.2, 0) is 0 Å². The van der Waals surface area contributed by atoms with E-state index in [2.05, 4.69) is 5.32 Å². The van der Waals surface area contributed by atoms with Gasteiger partial charge in [-0.15, -0.1) is 0 Å². The second kappa shape index (κ2) is 6.71. The number of hydrogen-bond acceptors (Lipinski definition) is 3. The van der Waals surface area contributed by atoms with Crippen LogP contribution in [-0.4, -0.2) is 26.2 Å². The molecular weight excluding hydrogens is 231 g/mol. The van der Waals surface area contributed by atoms with Crippen molar-refractivity contribution in [3.8, 4) is 5.75 Å². The summed E-state index contributed by atoms with van der Waals surface area (Å²) in [6, 6.07) is 6.14. The van der Waals surface area contributed by atoms with E-state index in [0.717, 1.165) is 25.9 Å². The molecule has 1 saturated heterocycles. The zero-order valence-corrected chi connectivity index (χ0v) is 10.6. The summed E-state index contributed by atoms with van der Waals surface area (Å²) in [6.45, 7) is 3.40. The number of ether oxygens (including phenoxy) is 1. The molecule has 18 heavy (non-hydrogen) atoms. The van der Waals surface area contributed by atoms with Gasteiger partial charge in [-0.3, -0.25) is 0 Å². The highest BCUT2D eigenvalue weighted by Gasteiger charge is 2.22. The van der Waals surface area contributed by atoms with Crippen molar-refractivity contribution in [2.24, 2.45) is 17.6 Å². The molecule has 1 aromatic carbocycles. The topological polar surface area (TPSA) is 47.3 Å². The Morgan fingerprint density at radius 3 is 2.56 bits per heavy atom. The molecule has 1 atom stereocenters. The lowest BCUT2D eigenvalue weighted by Crippen LogP contribution is -2.37. The van der Waals surface area contributed by atoms with E-state index in [-0.39, 0.29) is 5.82 Å². The molecule has 3 nitrogen and oxygen atoms in total. The lowest BCUT2D eigenvalue weighted by Gasteiger charge is -2.29. The summed E-state index contributed by atoms with van der Waals surface area (Å²) in [5.74, 6) is 1.49. The first-order chi connectivity index (χ1) is 8.79. The molecular formula is C14H21FN2O. The van der Waals surface area contributed by atoms with Crippen molar-refractivity contribution in [1.29, 1.82) is 0 Å². The Morgan fingerprint density at radius 2 is 1.94 bits per heavy atom.